The maximum absolute atomic E-state index is 13.7. The summed E-state index contributed by atoms with van der Waals surface area (Å²) < 4.78 is 29.2. The number of rotatable bonds is 3. The highest BCUT2D eigenvalue weighted by Crippen LogP contribution is 2.57. The van der Waals surface area contributed by atoms with Gasteiger partial charge in [-0.25, -0.2) is 8.42 Å². The molecule has 0 spiro atoms. The zero-order valence-electron chi connectivity index (χ0n) is 18.0. The van der Waals surface area contributed by atoms with Gasteiger partial charge in [-0.05, 0) is 34.1 Å². The highest BCUT2D eigenvalue weighted by molar-refractivity contribution is 7.91. The molecule has 170 valence electrons. The minimum absolute atomic E-state index is 0.00972. The predicted molar refractivity (Wildman–Crippen MR) is 113 cm³/mol. The molecule has 2 aliphatic heterocycles. The van der Waals surface area contributed by atoms with Gasteiger partial charge in [-0.1, -0.05) is 0 Å². The van der Waals surface area contributed by atoms with Crippen LogP contribution in [0.3, 0.4) is 0 Å². The fourth-order valence-electron chi connectivity index (χ4n) is 4.65. The Balaban J connectivity index is 1.87. The SMILES string of the molecule is CC(=O)c1c(O)c(C)c(O)c2c1OC1=CC(=O)C(=C(C)NC3CCS(=O)(=O)C3)C(=O)C12C. The monoisotopic (exact) mass is 461 g/mol. The van der Waals surface area contributed by atoms with Crippen molar-refractivity contribution < 1.29 is 37.8 Å². The van der Waals surface area contributed by atoms with E-state index < -0.39 is 50.1 Å². The van der Waals surface area contributed by atoms with Crippen LogP contribution in [-0.4, -0.2) is 53.5 Å². The number of Topliss-reactive ketones (excluding diaryl/α,β-unsaturated/α-hetero) is 2. The number of benzene rings is 1. The number of sulfone groups is 1. The Labute approximate surface area is 184 Å². The molecular weight excluding hydrogens is 438 g/mol. The molecule has 0 bridgehead atoms. The topological polar surface area (TPSA) is 147 Å². The minimum Gasteiger partial charge on any atom is -0.507 e. The number of carbonyl (C=O) groups is 3. The summed E-state index contributed by atoms with van der Waals surface area (Å²) in [7, 11) is -3.17. The molecule has 0 radical (unpaired) electrons. The van der Waals surface area contributed by atoms with Gasteiger partial charge in [0.2, 0.25) is 0 Å². The predicted octanol–water partition coefficient (Wildman–Crippen LogP) is 1.35. The summed E-state index contributed by atoms with van der Waals surface area (Å²) >= 11 is 0. The summed E-state index contributed by atoms with van der Waals surface area (Å²) in [4.78, 5) is 38.7. The maximum Gasteiger partial charge on any atom is 0.194 e. The van der Waals surface area contributed by atoms with Crippen molar-refractivity contribution in [1.82, 2.24) is 5.32 Å². The van der Waals surface area contributed by atoms with Crippen molar-refractivity contribution >= 4 is 27.2 Å². The third-order valence-electron chi connectivity index (χ3n) is 6.41. The van der Waals surface area contributed by atoms with E-state index in [-0.39, 0.29) is 51.0 Å². The zero-order chi connectivity index (χ0) is 23.7. The van der Waals surface area contributed by atoms with Gasteiger partial charge in [0.05, 0.1) is 22.6 Å². The summed E-state index contributed by atoms with van der Waals surface area (Å²) in [5.41, 5.74) is -1.70. The first-order valence-electron chi connectivity index (χ1n) is 10.1. The van der Waals surface area contributed by atoms with Crippen LogP contribution in [0.5, 0.6) is 17.2 Å². The van der Waals surface area contributed by atoms with Crippen molar-refractivity contribution in [2.45, 2.75) is 45.6 Å². The summed E-state index contributed by atoms with van der Waals surface area (Å²) in [5.74, 6) is -2.93. The smallest absolute Gasteiger partial charge is 0.194 e. The zero-order valence-corrected chi connectivity index (χ0v) is 18.8. The van der Waals surface area contributed by atoms with Crippen molar-refractivity contribution in [2.24, 2.45) is 0 Å². The maximum atomic E-state index is 13.7. The van der Waals surface area contributed by atoms with Gasteiger partial charge in [0.1, 0.15) is 34.0 Å². The van der Waals surface area contributed by atoms with Gasteiger partial charge < -0.3 is 20.3 Å². The Bertz CT molecular complexity index is 1290. The summed E-state index contributed by atoms with van der Waals surface area (Å²) in [6.07, 6.45) is 1.49. The number of aromatic hydroxyl groups is 2. The van der Waals surface area contributed by atoms with E-state index in [1.54, 1.807) is 0 Å². The first kappa shape index (κ1) is 22.1. The van der Waals surface area contributed by atoms with E-state index in [0.717, 1.165) is 6.08 Å². The van der Waals surface area contributed by atoms with Crippen LogP contribution in [0.1, 0.15) is 48.7 Å². The van der Waals surface area contributed by atoms with E-state index in [1.165, 1.54) is 27.7 Å². The van der Waals surface area contributed by atoms with Crippen LogP contribution < -0.4 is 10.1 Å². The van der Waals surface area contributed by atoms with Crippen molar-refractivity contribution in [3.05, 3.63) is 39.8 Å². The van der Waals surface area contributed by atoms with Crippen molar-refractivity contribution in [3.8, 4) is 17.2 Å². The molecule has 2 heterocycles. The Morgan fingerprint density at radius 1 is 1.22 bits per heavy atom. The number of allylic oxidation sites excluding steroid dienone is 4. The fourth-order valence-corrected chi connectivity index (χ4v) is 6.32. The van der Waals surface area contributed by atoms with Gasteiger partial charge >= 0.3 is 0 Å². The van der Waals surface area contributed by atoms with E-state index in [0.29, 0.717) is 6.42 Å². The van der Waals surface area contributed by atoms with Crippen LogP contribution >= 0.6 is 0 Å². The van der Waals surface area contributed by atoms with Crippen LogP contribution in [0.15, 0.2) is 23.1 Å². The molecule has 1 saturated heterocycles. The van der Waals surface area contributed by atoms with E-state index in [2.05, 4.69) is 5.32 Å². The van der Waals surface area contributed by atoms with Crippen molar-refractivity contribution in [1.29, 1.82) is 0 Å². The number of phenolic OH excluding ortho intramolecular Hbond substituents is 2. The molecule has 1 aromatic rings. The Hall–Kier alpha value is -3.14. The molecule has 10 heteroatoms. The van der Waals surface area contributed by atoms with Crippen LogP contribution in [0.25, 0.3) is 0 Å². The van der Waals surface area contributed by atoms with Gasteiger partial charge in [0, 0.05) is 23.4 Å². The summed E-state index contributed by atoms with van der Waals surface area (Å²) in [6, 6.07) is -0.421. The molecule has 0 aromatic heterocycles. The summed E-state index contributed by atoms with van der Waals surface area (Å²) in [6.45, 7) is 5.63. The van der Waals surface area contributed by atoms with Gasteiger partial charge in [-0.3, -0.25) is 14.4 Å². The molecule has 2 unspecified atom stereocenters. The normalized spacial score (nSPS) is 27.4. The first-order valence-corrected chi connectivity index (χ1v) is 11.9. The minimum atomic E-state index is -3.17. The molecule has 3 aliphatic rings. The molecule has 1 aromatic carbocycles. The third kappa shape index (κ3) is 2.96. The van der Waals surface area contributed by atoms with Crippen LogP contribution in [0.4, 0.5) is 0 Å². The molecule has 32 heavy (non-hydrogen) atoms. The van der Waals surface area contributed by atoms with Gasteiger partial charge in [-0.15, -0.1) is 0 Å². The Kier molecular flexibility index (Phi) is 4.78. The van der Waals surface area contributed by atoms with E-state index in [1.807, 2.05) is 0 Å². The molecule has 0 saturated carbocycles. The highest BCUT2D eigenvalue weighted by atomic mass is 32.2. The molecule has 0 amide bonds. The number of ether oxygens (including phenoxy) is 1. The van der Waals surface area contributed by atoms with Crippen LogP contribution in [0.2, 0.25) is 0 Å². The van der Waals surface area contributed by atoms with E-state index in [4.69, 9.17) is 4.74 Å². The second kappa shape index (κ2) is 6.93. The lowest BCUT2D eigenvalue weighted by molar-refractivity contribution is -0.123. The molecule has 9 nitrogen and oxygen atoms in total. The standard InChI is InChI=1S/C22H23NO8S/c1-9-18(26)16(11(3)24)20-17(19(9)27)22(4)14(31-20)7-13(25)15(21(22)28)10(2)23-12-5-6-32(29,30)8-12/h7,12,23,26-27H,5-6,8H2,1-4H3. The number of phenols is 2. The number of ketones is 3. The molecule has 2 atom stereocenters. The van der Waals surface area contributed by atoms with Crippen LogP contribution in [0, 0.1) is 6.92 Å². The number of hydrogen-bond donors (Lipinski definition) is 3. The third-order valence-corrected chi connectivity index (χ3v) is 8.18. The second-order valence-corrected chi connectivity index (χ2v) is 10.9. The van der Waals surface area contributed by atoms with E-state index in [9.17, 15) is 33.0 Å². The average molecular weight is 461 g/mol. The average Bonchev–Trinajstić information content (AvgIpc) is 3.16. The molecule has 1 fully saturated rings. The lowest BCUT2D eigenvalue weighted by Crippen LogP contribution is -2.42. The highest BCUT2D eigenvalue weighted by Gasteiger charge is 2.56. The number of hydrogen-bond acceptors (Lipinski definition) is 9. The Morgan fingerprint density at radius 2 is 1.88 bits per heavy atom. The van der Waals surface area contributed by atoms with Gasteiger partial charge in [0.25, 0.3) is 0 Å². The first-order chi connectivity index (χ1) is 14.8. The number of carbonyl (C=O) groups excluding carboxylic acids is 3. The molecule has 4 rings (SSSR count). The quantitative estimate of drug-likeness (QED) is 0.345. The largest absolute Gasteiger partial charge is 0.507 e. The van der Waals surface area contributed by atoms with Gasteiger partial charge in [-0.2, -0.15) is 0 Å². The summed E-state index contributed by atoms with van der Waals surface area (Å²) in [5, 5.41) is 24.2. The van der Waals surface area contributed by atoms with Crippen molar-refractivity contribution in [3.63, 3.8) is 0 Å². The van der Waals surface area contributed by atoms with Crippen LogP contribution in [-0.2, 0) is 24.8 Å². The van der Waals surface area contributed by atoms with Crippen molar-refractivity contribution in [2.75, 3.05) is 11.5 Å². The molecule has 1 aliphatic carbocycles. The molecule has 3 N–H and O–H groups in total. The Morgan fingerprint density at radius 3 is 2.44 bits per heavy atom. The second-order valence-electron chi connectivity index (χ2n) is 8.63. The number of fused-ring (bicyclic) bond motifs is 3. The fraction of sp³-hybridized carbons (Fsp3) is 0.409. The van der Waals surface area contributed by atoms with Gasteiger partial charge in [0.15, 0.2) is 27.2 Å². The van der Waals surface area contributed by atoms with E-state index >= 15 is 0 Å². The lowest BCUT2D eigenvalue weighted by Gasteiger charge is -2.29. The lowest BCUT2D eigenvalue weighted by atomic mass is 9.70. The molecular formula is C22H23NO8S. The number of nitrogens with one attached hydrogen (secondary N) is 1.